The molecule has 1 amide bonds. The SMILES string of the molecule is COC(C)c1noc(CN(C)C(=O)c2ccc(C(=O)O)cn2)n1. The number of carboxylic acid groups (broad SMARTS) is 1. The maximum atomic E-state index is 12.2. The predicted octanol–water partition coefficient (Wildman–Crippen LogP) is 1.14. The smallest absolute Gasteiger partial charge is 0.337 e. The zero-order valence-electron chi connectivity index (χ0n) is 12.9. The van der Waals surface area contributed by atoms with Gasteiger partial charge in [0.15, 0.2) is 5.82 Å². The fourth-order valence-corrected chi connectivity index (χ4v) is 1.72. The molecule has 0 bridgehead atoms. The van der Waals surface area contributed by atoms with Crippen LogP contribution in [0.3, 0.4) is 0 Å². The van der Waals surface area contributed by atoms with Gasteiger partial charge in [0.25, 0.3) is 5.91 Å². The third kappa shape index (κ3) is 3.89. The molecule has 122 valence electrons. The number of nitrogens with zero attached hydrogens (tertiary/aromatic N) is 4. The number of amides is 1. The zero-order chi connectivity index (χ0) is 17.0. The van der Waals surface area contributed by atoms with Gasteiger partial charge in [0.05, 0.1) is 5.56 Å². The second-order valence-corrected chi connectivity index (χ2v) is 4.82. The number of carboxylic acids is 1. The van der Waals surface area contributed by atoms with E-state index in [1.807, 2.05) is 0 Å². The van der Waals surface area contributed by atoms with E-state index in [4.69, 9.17) is 14.4 Å². The first-order chi connectivity index (χ1) is 10.9. The highest BCUT2D eigenvalue weighted by molar-refractivity contribution is 5.93. The molecule has 2 aromatic rings. The van der Waals surface area contributed by atoms with Gasteiger partial charge < -0.3 is 19.3 Å². The Balaban J connectivity index is 2.04. The number of hydrogen-bond acceptors (Lipinski definition) is 7. The van der Waals surface area contributed by atoms with Crippen molar-refractivity contribution < 1.29 is 24.0 Å². The Bertz CT molecular complexity index is 697. The van der Waals surface area contributed by atoms with Crippen molar-refractivity contribution in [2.75, 3.05) is 14.2 Å². The molecule has 2 rings (SSSR count). The van der Waals surface area contributed by atoms with Crippen LogP contribution >= 0.6 is 0 Å². The Morgan fingerprint density at radius 1 is 1.43 bits per heavy atom. The summed E-state index contributed by atoms with van der Waals surface area (Å²) in [6.45, 7) is 1.88. The van der Waals surface area contributed by atoms with Crippen LogP contribution in [-0.4, -0.2) is 51.2 Å². The van der Waals surface area contributed by atoms with E-state index in [1.165, 1.54) is 24.1 Å². The van der Waals surface area contributed by atoms with Gasteiger partial charge >= 0.3 is 5.97 Å². The van der Waals surface area contributed by atoms with E-state index in [-0.39, 0.29) is 35.7 Å². The summed E-state index contributed by atoms with van der Waals surface area (Å²) < 4.78 is 10.1. The molecule has 1 atom stereocenters. The molecule has 9 heteroatoms. The van der Waals surface area contributed by atoms with Gasteiger partial charge in [-0.2, -0.15) is 4.98 Å². The lowest BCUT2D eigenvalue weighted by Gasteiger charge is -2.14. The standard InChI is InChI=1S/C14H16N4O5/c1-8(22-3)12-16-11(23-17-12)7-18(2)13(19)10-5-4-9(6-15-10)14(20)21/h4-6,8H,7H2,1-3H3,(H,20,21). The lowest BCUT2D eigenvalue weighted by Crippen LogP contribution is -2.27. The number of aromatic nitrogens is 3. The van der Waals surface area contributed by atoms with Crippen molar-refractivity contribution in [2.24, 2.45) is 0 Å². The van der Waals surface area contributed by atoms with Crippen LogP contribution in [0.15, 0.2) is 22.9 Å². The average Bonchev–Trinajstić information content (AvgIpc) is 3.01. The van der Waals surface area contributed by atoms with Crippen LogP contribution in [-0.2, 0) is 11.3 Å². The number of hydrogen-bond donors (Lipinski definition) is 1. The van der Waals surface area contributed by atoms with Gasteiger partial charge in [-0.25, -0.2) is 4.79 Å². The summed E-state index contributed by atoms with van der Waals surface area (Å²) in [5.74, 6) is -0.828. The van der Waals surface area contributed by atoms with Gasteiger partial charge in [0, 0.05) is 20.4 Å². The maximum absolute atomic E-state index is 12.2. The van der Waals surface area contributed by atoms with Crippen LogP contribution in [0, 0.1) is 0 Å². The molecule has 0 spiro atoms. The monoisotopic (exact) mass is 320 g/mol. The van der Waals surface area contributed by atoms with E-state index in [0.29, 0.717) is 5.82 Å². The number of aromatic carboxylic acids is 1. The molecule has 23 heavy (non-hydrogen) atoms. The molecule has 0 aliphatic heterocycles. The normalized spacial score (nSPS) is 12.0. The van der Waals surface area contributed by atoms with Gasteiger partial charge in [0.1, 0.15) is 18.3 Å². The summed E-state index contributed by atoms with van der Waals surface area (Å²) in [6.07, 6.45) is 0.827. The summed E-state index contributed by atoms with van der Waals surface area (Å²) in [4.78, 5) is 32.3. The van der Waals surface area contributed by atoms with Crippen LogP contribution in [0.5, 0.6) is 0 Å². The van der Waals surface area contributed by atoms with E-state index in [0.717, 1.165) is 6.20 Å². The first kappa shape index (κ1) is 16.6. The van der Waals surface area contributed by atoms with Crippen molar-refractivity contribution in [1.82, 2.24) is 20.0 Å². The van der Waals surface area contributed by atoms with Crippen LogP contribution in [0.25, 0.3) is 0 Å². The molecular weight excluding hydrogens is 304 g/mol. The fraction of sp³-hybridized carbons (Fsp3) is 0.357. The Hall–Kier alpha value is -2.81. The molecule has 0 aliphatic carbocycles. The number of pyridine rings is 1. The van der Waals surface area contributed by atoms with Gasteiger partial charge in [-0.15, -0.1) is 0 Å². The summed E-state index contributed by atoms with van der Waals surface area (Å²) in [5, 5.41) is 12.6. The molecule has 1 unspecified atom stereocenters. The Morgan fingerprint density at radius 2 is 2.17 bits per heavy atom. The predicted molar refractivity (Wildman–Crippen MR) is 76.7 cm³/mol. The third-order valence-corrected chi connectivity index (χ3v) is 3.15. The highest BCUT2D eigenvalue weighted by Gasteiger charge is 2.18. The van der Waals surface area contributed by atoms with Gasteiger partial charge in [-0.1, -0.05) is 5.16 Å². The molecule has 0 fully saturated rings. The topological polar surface area (TPSA) is 119 Å². The first-order valence-corrected chi connectivity index (χ1v) is 6.72. The molecule has 2 aromatic heterocycles. The second-order valence-electron chi connectivity index (χ2n) is 4.82. The molecular formula is C14H16N4O5. The summed E-state index contributed by atoms with van der Waals surface area (Å²) in [5.41, 5.74) is 0.141. The van der Waals surface area contributed by atoms with Crippen molar-refractivity contribution in [1.29, 1.82) is 0 Å². The third-order valence-electron chi connectivity index (χ3n) is 3.15. The van der Waals surface area contributed by atoms with Crippen LogP contribution in [0.2, 0.25) is 0 Å². The van der Waals surface area contributed by atoms with E-state index >= 15 is 0 Å². The molecule has 9 nitrogen and oxygen atoms in total. The van der Waals surface area contributed by atoms with Crippen molar-refractivity contribution >= 4 is 11.9 Å². The number of rotatable bonds is 6. The highest BCUT2D eigenvalue weighted by atomic mass is 16.5. The Kier molecular flexibility index (Phi) is 5.02. The minimum atomic E-state index is -1.10. The largest absolute Gasteiger partial charge is 0.478 e. The van der Waals surface area contributed by atoms with E-state index < -0.39 is 5.97 Å². The minimum absolute atomic E-state index is 0.0132. The lowest BCUT2D eigenvalue weighted by molar-refractivity contribution is 0.0693. The summed E-state index contributed by atoms with van der Waals surface area (Å²) >= 11 is 0. The average molecular weight is 320 g/mol. The highest BCUT2D eigenvalue weighted by Crippen LogP contribution is 2.13. The number of carbonyl (C=O) groups excluding carboxylic acids is 1. The quantitative estimate of drug-likeness (QED) is 0.841. The van der Waals surface area contributed by atoms with Crippen molar-refractivity contribution in [3.8, 4) is 0 Å². The van der Waals surface area contributed by atoms with E-state index in [2.05, 4.69) is 15.1 Å². The van der Waals surface area contributed by atoms with Crippen LogP contribution in [0.1, 0.15) is 45.6 Å². The van der Waals surface area contributed by atoms with Crippen LogP contribution < -0.4 is 0 Å². The molecule has 1 N–H and O–H groups in total. The van der Waals surface area contributed by atoms with Gasteiger partial charge in [-0.3, -0.25) is 9.78 Å². The van der Waals surface area contributed by atoms with E-state index in [1.54, 1.807) is 14.0 Å². The van der Waals surface area contributed by atoms with Gasteiger partial charge in [0.2, 0.25) is 5.89 Å². The van der Waals surface area contributed by atoms with Crippen LogP contribution in [0.4, 0.5) is 0 Å². The number of methoxy groups -OCH3 is 1. The van der Waals surface area contributed by atoms with Gasteiger partial charge in [-0.05, 0) is 19.1 Å². The first-order valence-electron chi connectivity index (χ1n) is 6.72. The molecule has 0 radical (unpaired) electrons. The fourth-order valence-electron chi connectivity index (χ4n) is 1.72. The number of carbonyl (C=O) groups is 2. The minimum Gasteiger partial charge on any atom is -0.478 e. The molecule has 2 heterocycles. The Labute approximate surface area is 131 Å². The summed E-state index contributed by atoms with van der Waals surface area (Å²) in [6, 6.07) is 2.68. The number of ether oxygens (including phenoxy) is 1. The zero-order valence-corrected chi connectivity index (χ0v) is 12.9. The second kappa shape index (κ2) is 6.97. The van der Waals surface area contributed by atoms with Crippen molar-refractivity contribution in [3.63, 3.8) is 0 Å². The summed E-state index contributed by atoms with van der Waals surface area (Å²) in [7, 11) is 3.08. The molecule has 0 aromatic carbocycles. The van der Waals surface area contributed by atoms with E-state index in [9.17, 15) is 9.59 Å². The van der Waals surface area contributed by atoms with Crippen molar-refractivity contribution in [2.45, 2.75) is 19.6 Å². The molecule has 0 aliphatic rings. The molecule has 0 saturated carbocycles. The molecule has 0 saturated heterocycles. The Morgan fingerprint density at radius 3 is 2.74 bits per heavy atom. The lowest BCUT2D eigenvalue weighted by atomic mass is 10.2. The maximum Gasteiger partial charge on any atom is 0.337 e. The van der Waals surface area contributed by atoms with Crippen molar-refractivity contribution in [3.05, 3.63) is 41.3 Å².